The number of rotatable bonds is 9. The smallest absolute Gasteiger partial charge is 0.146 e. The minimum atomic E-state index is -1.39. The molecule has 0 spiro atoms. The summed E-state index contributed by atoms with van der Waals surface area (Å²) in [6.45, 7) is 7.19. The van der Waals surface area contributed by atoms with E-state index in [0.717, 1.165) is 30.5 Å². The van der Waals surface area contributed by atoms with Gasteiger partial charge in [0.25, 0.3) is 0 Å². The molecule has 0 aromatic heterocycles. The number of anilines is 1. The number of nitriles is 1. The van der Waals surface area contributed by atoms with Crippen molar-refractivity contribution in [2.75, 3.05) is 25.1 Å². The van der Waals surface area contributed by atoms with Gasteiger partial charge in [-0.05, 0) is 81.3 Å². The lowest BCUT2D eigenvalue weighted by molar-refractivity contribution is 0.121. The number of hydrogen-bond donors (Lipinski definition) is 1. The number of benzene rings is 2. The molecule has 1 saturated carbocycles. The third-order valence-corrected chi connectivity index (χ3v) is 8.84. The summed E-state index contributed by atoms with van der Waals surface area (Å²) in [5, 5.41) is 9.61. The summed E-state index contributed by atoms with van der Waals surface area (Å²) >= 11 is -1.39. The molecule has 2 aliphatic rings. The van der Waals surface area contributed by atoms with Crippen LogP contribution in [-0.2, 0) is 21.6 Å². The topological polar surface area (TPSA) is 71.3 Å². The SMILES string of the molecule is COC1CCN(c2cc(C(CCC3CC3)(N[S@+]([O-])C(C)(C)C)c3cccc(C#N)c3)ccc2F)C1. The Balaban J connectivity index is 1.85. The van der Waals surface area contributed by atoms with Crippen molar-refractivity contribution >= 4 is 17.0 Å². The van der Waals surface area contributed by atoms with Crippen LogP contribution >= 0.6 is 0 Å². The molecule has 1 N–H and O–H groups in total. The Labute approximate surface area is 212 Å². The molecule has 1 aliphatic heterocycles. The Hall–Kier alpha value is -2.11. The van der Waals surface area contributed by atoms with E-state index in [1.54, 1.807) is 13.2 Å². The van der Waals surface area contributed by atoms with Crippen molar-refractivity contribution in [2.45, 2.75) is 69.3 Å². The number of nitrogens with one attached hydrogen (secondary N) is 1. The normalized spacial score (nSPS) is 20.9. The average Bonchev–Trinajstić information content (AvgIpc) is 3.55. The average molecular weight is 498 g/mol. The van der Waals surface area contributed by atoms with Gasteiger partial charge in [0.1, 0.15) is 16.1 Å². The van der Waals surface area contributed by atoms with Gasteiger partial charge in [0.15, 0.2) is 0 Å². The summed E-state index contributed by atoms with van der Waals surface area (Å²) in [5.41, 5.74) is 2.01. The van der Waals surface area contributed by atoms with Crippen LogP contribution in [0, 0.1) is 23.1 Å². The van der Waals surface area contributed by atoms with Crippen LogP contribution in [0.1, 0.15) is 69.6 Å². The van der Waals surface area contributed by atoms with Gasteiger partial charge in [0.2, 0.25) is 0 Å². The van der Waals surface area contributed by atoms with Crippen molar-refractivity contribution in [3.63, 3.8) is 0 Å². The van der Waals surface area contributed by atoms with E-state index in [2.05, 4.69) is 10.8 Å². The van der Waals surface area contributed by atoms with Crippen molar-refractivity contribution < 1.29 is 13.7 Å². The molecule has 0 bridgehead atoms. The molecule has 1 heterocycles. The van der Waals surface area contributed by atoms with Gasteiger partial charge in [-0.15, -0.1) is 4.72 Å². The van der Waals surface area contributed by atoms with Crippen LogP contribution in [0.4, 0.5) is 10.1 Å². The molecule has 2 fully saturated rings. The summed E-state index contributed by atoms with van der Waals surface area (Å²) in [5.74, 6) is 0.378. The number of halogens is 1. The van der Waals surface area contributed by atoms with Crippen LogP contribution in [0.15, 0.2) is 42.5 Å². The number of ether oxygens (including phenoxy) is 1. The van der Waals surface area contributed by atoms with Crippen LogP contribution in [0.25, 0.3) is 0 Å². The summed E-state index contributed by atoms with van der Waals surface area (Å²) in [6.07, 6.45) is 5.02. The summed E-state index contributed by atoms with van der Waals surface area (Å²) in [7, 11) is 1.69. The lowest BCUT2D eigenvalue weighted by Crippen LogP contribution is -2.52. The zero-order valence-corrected chi connectivity index (χ0v) is 22.0. The molecule has 0 amide bonds. The van der Waals surface area contributed by atoms with E-state index in [-0.39, 0.29) is 11.9 Å². The summed E-state index contributed by atoms with van der Waals surface area (Å²) in [6, 6.07) is 15.0. The van der Waals surface area contributed by atoms with Crippen molar-refractivity contribution in [3.8, 4) is 6.07 Å². The third-order valence-electron chi connectivity index (χ3n) is 7.19. The molecular weight excluding hydrogens is 461 g/mol. The van der Waals surface area contributed by atoms with Gasteiger partial charge in [-0.1, -0.05) is 31.0 Å². The lowest BCUT2D eigenvalue weighted by Gasteiger charge is -2.39. The molecule has 1 aliphatic carbocycles. The maximum Gasteiger partial charge on any atom is 0.146 e. The molecule has 4 rings (SSSR count). The van der Waals surface area contributed by atoms with Gasteiger partial charge < -0.3 is 14.2 Å². The van der Waals surface area contributed by atoms with E-state index in [4.69, 9.17) is 4.74 Å². The van der Waals surface area contributed by atoms with E-state index < -0.39 is 21.6 Å². The standard InChI is InChI=1S/C28H36FN3O2S/c1-27(2,3)35(33)31-28(14-12-20-8-9-20,22-7-5-6-21(16-22)18-30)23-10-11-25(29)26(17-23)32-15-13-24(19-32)34-4/h5-7,10-11,16-17,20,24,31H,8-9,12-15,19H2,1-4H3/t24?,28?,35-/m1/s1. The highest BCUT2D eigenvalue weighted by Crippen LogP contribution is 2.43. The Morgan fingerprint density at radius 2 is 1.91 bits per heavy atom. The van der Waals surface area contributed by atoms with Crippen molar-refractivity contribution in [1.82, 2.24) is 4.72 Å². The Morgan fingerprint density at radius 1 is 1.17 bits per heavy atom. The highest BCUT2D eigenvalue weighted by molar-refractivity contribution is 7.90. The monoisotopic (exact) mass is 497 g/mol. The first-order valence-electron chi connectivity index (χ1n) is 12.4. The van der Waals surface area contributed by atoms with Gasteiger partial charge in [-0.2, -0.15) is 5.26 Å². The van der Waals surface area contributed by atoms with Crippen LogP contribution in [0.2, 0.25) is 0 Å². The van der Waals surface area contributed by atoms with Crippen LogP contribution in [0.5, 0.6) is 0 Å². The molecule has 7 heteroatoms. The van der Waals surface area contributed by atoms with Crippen LogP contribution in [0.3, 0.4) is 0 Å². The van der Waals surface area contributed by atoms with E-state index in [1.165, 1.54) is 18.9 Å². The highest BCUT2D eigenvalue weighted by Gasteiger charge is 2.44. The van der Waals surface area contributed by atoms with Crippen LogP contribution < -0.4 is 9.62 Å². The van der Waals surface area contributed by atoms with Gasteiger partial charge in [0.05, 0.1) is 23.4 Å². The molecule has 188 valence electrons. The maximum atomic E-state index is 15.1. The first kappa shape index (κ1) is 26.0. The molecule has 1 saturated heterocycles. The predicted octanol–water partition coefficient (Wildman–Crippen LogP) is 5.41. The van der Waals surface area contributed by atoms with Gasteiger partial charge in [-0.25, -0.2) is 4.39 Å². The maximum absolute atomic E-state index is 15.1. The first-order chi connectivity index (χ1) is 16.7. The summed E-state index contributed by atoms with van der Waals surface area (Å²) in [4.78, 5) is 2.03. The minimum absolute atomic E-state index is 0.0801. The van der Waals surface area contributed by atoms with E-state index in [0.29, 0.717) is 30.1 Å². The van der Waals surface area contributed by atoms with Gasteiger partial charge >= 0.3 is 0 Å². The fraction of sp³-hybridized carbons (Fsp3) is 0.536. The predicted molar refractivity (Wildman–Crippen MR) is 139 cm³/mol. The number of hydrogen-bond acceptors (Lipinski definition) is 5. The lowest BCUT2D eigenvalue weighted by atomic mass is 9.78. The molecular formula is C28H36FN3O2S. The van der Waals surface area contributed by atoms with E-state index in [9.17, 15) is 9.81 Å². The Bertz CT molecular complexity index is 1080. The second-order valence-corrected chi connectivity index (χ2v) is 12.8. The first-order valence-corrected chi connectivity index (χ1v) is 13.6. The largest absolute Gasteiger partial charge is 0.598 e. The number of nitrogens with zero attached hydrogens (tertiary/aromatic N) is 2. The molecule has 2 unspecified atom stereocenters. The molecule has 5 nitrogen and oxygen atoms in total. The molecule has 3 atom stereocenters. The zero-order valence-electron chi connectivity index (χ0n) is 21.1. The third kappa shape index (κ3) is 5.83. The fourth-order valence-corrected chi connectivity index (χ4v) is 5.74. The second kappa shape index (κ2) is 10.5. The van der Waals surface area contributed by atoms with Crippen LogP contribution in [-0.4, -0.2) is 35.6 Å². The van der Waals surface area contributed by atoms with E-state index in [1.807, 2.05) is 56.0 Å². The molecule has 0 radical (unpaired) electrons. The zero-order chi connectivity index (χ0) is 25.2. The Morgan fingerprint density at radius 3 is 2.54 bits per heavy atom. The van der Waals surface area contributed by atoms with Crippen molar-refractivity contribution in [3.05, 3.63) is 65.0 Å². The molecule has 2 aromatic rings. The van der Waals surface area contributed by atoms with Crippen molar-refractivity contribution in [1.29, 1.82) is 5.26 Å². The van der Waals surface area contributed by atoms with E-state index >= 15 is 4.39 Å². The molecule has 2 aromatic carbocycles. The number of methoxy groups -OCH3 is 1. The molecule has 35 heavy (non-hydrogen) atoms. The fourth-order valence-electron chi connectivity index (χ4n) is 4.78. The second-order valence-electron chi connectivity index (χ2n) is 10.8. The summed E-state index contributed by atoms with van der Waals surface area (Å²) < 4.78 is 37.2. The highest BCUT2D eigenvalue weighted by atomic mass is 32.2. The minimum Gasteiger partial charge on any atom is -0.598 e. The quantitative estimate of drug-likeness (QED) is 0.469. The van der Waals surface area contributed by atoms with Crippen molar-refractivity contribution in [2.24, 2.45) is 5.92 Å². The van der Waals surface area contributed by atoms with Gasteiger partial charge in [0, 0.05) is 31.6 Å². The van der Waals surface area contributed by atoms with Gasteiger partial charge in [-0.3, -0.25) is 0 Å². The Kier molecular flexibility index (Phi) is 7.77.